The zero-order valence-electron chi connectivity index (χ0n) is 11.9. The van der Waals surface area contributed by atoms with E-state index in [-0.39, 0.29) is 5.91 Å². The maximum atomic E-state index is 13.6. The Morgan fingerprint density at radius 1 is 1.18 bits per heavy atom. The van der Waals surface area contributed by atoms with Gasteiger partial charge in [-0.05, 0) is 30.0 Å². The monoisotopic (exact) mass is 301 g/mol. The maximum absolute atomic E-state index is 13.6. The minimum atomic E-state index is -0.430. The molecule has 2 aliphatic heterocycles. The second-order valence-electron chi connectivity index (χ2n) is 5.87. The van der Waals surface area contributed by atoms with Crippen molar-refractivity contribution in [3.05, 3.63) is 42.0 Å². The quantitative estimate of drug-likeness (QED) is 0.887. The van der Waals surface area contributed by atoms with Crippen LogP contribution in [0.4, 0.5) is 4.39 Å². The number of hydrogen-bond acceptors (Lipinski definition) is 4. The molecule has 2 atom stereocenters. The van der Waals surface area contributed by atoms with E-state index in [9.17, 15) is 9.18 Å². The van der Waals surface area contributed by atoms with Gasteiger partial charge in [-0.1, -0.05) is 0 Å². The second kappa shape index (κ2) is 5.17. The summed E-state index contributed by atoms with van der Waals surface area (Å²) in [7, 11) is 0. The molecule has 3 heterocycles. The molecule has 1 aromatic carbocycles. The van der Waals surface area contributed by atoms with Gasteiger partial charge in [0.25, 0.3) is 5.91 Å². The van der Waals surface area contributed by atoms with E-state index < -0.39 is 5.82 Å². The average molecular weight is 301 g/mol. The van der Waals surface area contributed by atoms with Gasteiger partial charge < -0.3 is 10.2 Å². The molecule has 6 nitrogen and oxygen atoms in total. The highest BCUT2D eigenvalue weighted by Crippen LogP contribution is 2.28. The lowest BCUT2D eigenvalue weighted by atomic mass is 10.0. The zero-order valence-corrected chi connectivity index (χ0v) is 11.9. The first kappa shape index (κ1) is 13.4. The number of nitrogens with zero attached hydrogens (tertiary/aromatic N) is 4. The molecule has 7 heteroatoms. The van der Waals surface area contributed by atoms with Crippen LogP contribution in [0.1, 0.15) is 10.4 Å². The smallest absolute Gasteiger partial charge is 0.256 e. The summed E-state index contributed by atoms with van der Waals surface area (Å²) in [5.74, 6) is 0.425. The lowest BCUT2D eigenvalue weighted by Crippen LogP contribution is -2.32. The molecule has 2 aliphatic rings. The number of likely N-dealkylation sites (tertiary alicyclic amines) is 1. The molecule has 114 valence electrons. The van der Waals surface area contributed by atoms with E-state index >= 15 is 0 Å². The number of aromatic nitrogens is 3. The van der Waals surface area contributed by atoms with Gasteiger partial charge in [-0.3, -0.25) is 4.79 Å². The molecule has 2 fully saturated rings. The summed E-state index contributed by atoms with van der Waals surface area (Å²) >= 11 is 0. The second-order valence-corrected chi connectivity index (χ2v) is 5.87. The van der Waals surface area contributed by atoms with Crippen LogP contribution >= 0.6 is 0 Å². The molecule has 0 saturated carbocycles. The Balaban J connectivity index is 1.67. The minimum absolute atomic E-state index is 0.152. The van der Waals surface area contributed by atoms with Gasteiger partial charge in [-0.15, -0.1) is 0 Å². The Morgan fingerprint density at radius 2 is 1.86 bits per heavy atom. The average Bonchev–Trinajstić information content (AvgIpc) is 3.22. The number of hydrogen-bond donors (Lipinski definition) is 1. The first-order chi connectivity index (χ1) is 10.7. The standard InChI is InChI=1S/C15H16FN5O/c16-12-1-2-14(21-18-3-4-19-21)13(5-12)15(22)20-8-10-6-17-7-11(10)9-20/h1-5,10-11,17H,6-9H2. The lowest BCUT2D eigenvalue weighted by molar-refractivity contribution is 0.0781. The van der Waals surface area contributed by atoms with Crippen LogP contribution in [0.5, 0.6) is 0 Å². The van der Waals surface area contributed by atoms with Gasteiger partial charge in [0, 0.05) is 26.2 Å². The molecule has 4 rings (SSSR count). The minimum Gasteiger partial charge on any atom is -0.338 e. The van der Waals surface area contributed by atoms with Gasteiger partial charge in [0.1, 0.15) is 5.82 Å². The van der Waals surface area contributed by atoms with Crippen LogP contribution in [-0.2, 0) is 0 Å². The fourth-order valence-corrected chi connectivity index (χ4v) is 3.39. The summed E-state index contributed by atoms with van der Waals surface area (Å²) < 4.78 is 13.6. The number of halogens is 1. The summed E-state index contributed by atoms with van der Waals surface area (Å²) in [6.45, 7) is 3.34. The van der Waals surface area contributed by atoms with Gasteiger partial charge in [0.2, 0.25) is 0 Å². The molecule has 0 aliphatic carbocycles. The molecule has 0 bridgehead atoms. The molecule has 1 amide bonds. The first-order valence-corrected chi connectivity index (χ1v) is 7.38. The molecule has 1 N–H and O–H groups in total. The summed E-state index contributed by atoms with van der Waals surface area (Å²) in [4.78, 5) is 16.0. The zero-order chi connectivity index (χ0) is 15.1. The number of carbonyl (C=O) groups is 1. The van der Waals surface area contributed by atoms with Crippen LogP contribution < -0.4 is 5.32 Å². The Morgan fingerprint density at radius 3 is 2.55 bits per heavy atom. The normalized spacial score (nSPS) is 23.8. The van der Waals surface area contributed by atoms with Crippen molar-refractivity contribution in [1.82, 2.24) is 25.2 Å². The van der Waals surface area contributed by atoms with Crippen molar-refractivity contribution in [3.8, 4) is 5.69 Å². The predicted molar refractivity (Wildman–Crippen MR) is 77.1 cm³/mol. The third kappa shape index (κ3) is 2.18. The van der Waals surface area contributed by atoms with Gasteiger partial charge in [-0.2, -0.15) is 15.0 Å². The fraction of sp³-hybridized carbons (Fsp3) is 0.400. The number of amides is 1. The van der Waals surface area contributed by atoms with E-state index in [1.807, 2.05) is 4.90 Å². The van der Waals surface area contributed by atoms with Gasteiger partial charge in [0.15, 0.2) is 0 Å². The van der Waals surface area contributed by atoms with E-state index in [2.05, 4.69) is 15.5 Å². The van der Waals surface area contributed by atoms with Crippen molar-refractivity contribution in [2.75, 3.05) is 26.2 Å². The lowest BCUT2D eigenvalue weighted by Gasteiger charge is -2.19. The van der Waals surface area contributed by atoms with E-state index in [0.29, 0.717) is 23.1 Å². The summed E-state index contributed by atoms with van der Waals surface area (Å²) in [6, 6.07) is 4.13. The van der Waals surface area contributed by atoms with E-state index in [1.165, 1.54) is 29.3 Å². The van der Waals surface area contributed by atoms with Gasteiger partial charge in [0.05, 0.1) is 23.6 Å². The number of carbonyl (C=O) groups excluding carboxylic acids is 1. The van der Waals surface area contributed by atoms with Crippen LogP contribution in [-0.4, -0.2) is 52.0 Å². The highest BCUT2D eigenvalue weighted by atomic mass is 19.1. The van der Waals surface area contributed by atoms with Gasteiger partial charge in [-0.25, -0.2) is 4.39 Å². The van der Waals surface area contributed by atoms with Crippen molar-refractivity contribution in [3.63, 3.8) is 0 Å². The Bertz CT molecular complexity index is 690. The Hall–Kier alpha value is -2.28. The summed E-state index contributed by atoms with van der Waals surface area (Å²) in [5, 5.41) is 11.4. The highest BCUT2D eigenvalue weighted by Gasteiger charge is 2.38. The maximum Gasteiger partial charge on any atom is 0.256 e. The Labute approximate surface area is 126 Å². The highest BCUT2D eigenvalue weighted by molar-refractivity contribution is 5.98. The molecule has 0 radical (unpaired) electrons. The van der Waals surface area contributed by atoms with Crippen molar-refractivity contribution < 1.29 is 9.18 Å². The molecule has 2 unspecified atom stereocenters. The molecule has 22 heavy (non-hydrogen) atoms. The third-order valence-corrected chi connectivity index (χ3v) is 4.50. The third-order valence-electron chi connectivity index (χ3n) is 4.50. The summed E-state index contributed by atoms with van der Waals surface area (Å²) in [5.41, 5.74) is 0.815. The largest absolute Gasteiger partial charge is 0.338 e. The first-order valence-electron chi connectivity index (χ1n) is 7.38. The van der Waals surface area contributed by atoms with Crippen LogP contribution in [0.2, 0.25) is 0 Å². The van der Waals surface area contributed by atoms with Crippen molar-refractivity contribution in [2.45, 2.75) is 0 Å². The summed E-state index contributed by atoms with van der Waals surface area (Å²) in [6.07, 6.45) is 3.06. The number of benzene rings is 1. The number of nitrogens with one attached hydrogen (secondary N) is 1. The molecule has 2 saturated heterocycles. The van der Waals surface area contributed by atoms with Crippen molar-refractivity contribution in [2.24, 2.45) is 11.8 Å². The van der Waals surface area contributed by atoms with Crippen LogP contribution in [0, 0.1) is 17.7 Å². The van der Waals surface area contributed by atoms with Crippen LogP contribution in [0.25, 0.3) is 5.69 Å². The number of rotatable bonds is 2. The fourth-order valence-electron chi connectivity index (χ4n) is 3.39. The van der Waals surface area contributed by atoms with E-state index in [0.717, 1.165) is 26.2 Å². The van der Waals surface area contributed by atoms with Crippen molar-refractivity contribution >= 4 is 5.91 Å². The molecule has 2 aromatic rings. The Kier molecular flexibility index (Phi) is 3.15. The van der Waals surface area contributed by atoms with Crippen LogP contribution in [0.3, 0.4) is 0 Å². The molecular weight excluding hydrogens is 285 g/mol. The van der Waals surface area contributed by atoms with E-state index in [1.54, 1.807) is 6.07 Å². The predicted octanol–water partition coefficient (Wildman–Crippen LogP) is 0.698. The van der Waals surface area contributed by atoms with Crippen molar-refractivity contribution in [1.29, 1.82) is 0 Å². The van der Waals surface area contributed by atoms with Crippen LogP contribution in [0.15, 0.2) is 30.6 Å². The SMILES string of the molecule is O=C(c1cc(F)ccc1-n1nccn1)N1CC2CNCC2C1. The topological polar surface area (TPSA) is 63.1 Å². The van der Waals surface area contributed by atoms with Gasteiger partial charge >= 0.3 is 0 Å². The molecular formula is C15H16FN5O. The van der Waals surface area contributed by atoms with E-state index in [4.69, 9.17) is 0 Å². The molecule has 0 spiro atoms. The number of fused-ring (bicyclic) bond motifs is 1. The molecule has 1 aromatic heterocycles.